The summed E-state index contributed by atoms with van der Waals surface area (Å²) in [6.07, 6.45) is 0. The second-order valence-corrected chi connectivity index (χ2v) is 4.09. The number of aryl methyl sites for hydroxylation is 1. The van der Waals surface area contributed by atoms with Crippen molar-refractivity contribution in [2.45, 2.75) is 6.92 Å². The molecule has 0 aliphatic heterocycles. The van der Waals surface area contributed by atoms with Crippen LogP contribution < -0.4 is 0 Å². The number of aromatic amines is 1. The number of aromatic hydroxyl groups is 1. The number of hydrogen-bond donors (Lipinski definition) is 2. The van der Waals surface area contributed by atoms with Crippen LogP contribution in [-0.2, 0) is 0 Å². The molecule has 1 heterocycles. The van der Waals surface area contributed by atoms with Gasteiger partial charge in [0, 0.05) is 16.8 Å². The van der Waals surface area contributed by atoms with Crippen molar-refractivity contribution in [1.82, 2.24) is 4.98 Å². The van der Waals surface area contributed by atoms with Gasteiger partial charge in [0.2, 0.25) is 0 Å². The summed E-state index contributed by atoms with van der Waals surface area (Å²) in [7, 11) is 0. The van der Waals surface area contributed by atoms with Gasteiger partial charge in [0.15, 0.2) is 0 Å². The molecule has 0 aliphatic carbocycles. The molecule has 86 valence electrons. The highest BCUT2D eigenvalue weighted by atomic mass is 19.1. The Balaban J connectivity index is 2.59. The Morgan fingerprint density at radius 3 is 2.71 bits per heavy atom. The molecule has 3 rings (SSSR count). The number of halogens is 2. The van der Waals surface area contributed by atoms with Crippen LogP contribution in [-0.4, -0.2) is 10.1 Å². The second kappa shape index (κ2) is 3.20. The number of rotatable bonds is 0. The van der Waals surface area contributed by atoms with Crippen LogP contribution in [0.2, 0.25) is 0 Å². The molecule has 0 bridgehead atoms. The SMILES string of the molecule is Cc1ccc2c([nH]c3cc(F)cc(F)c32)c1O. The largest absolute Gasteiger partial charge is 0.505 e. The van der Waals surface area contributed by atoms with E-state index in [2.05, 4.69) is 4.98 Å². The van der Waals surface area contributed by atoms with Crippen LogP contribution >= 0.6 is 0 Å². The van der Waals surface area contributed by atoms with Crippen LogP contribution in [0.25, 0.3) is 21.8 Å². The predicted molar refractivity (Wildman–Crippen MR) is 62.1 cm³/mol. The molecule has 3 aromatic rings. The average Bonchev–Trinajstić information content (AvgIpc) is 2.62. The summed E-state index contributed by atoms with van der Waals surface area (Å²) in [6.45, 7) is 1.75. The third kappa shape index (κ3) is 1.30. The fraction of sp³-hybridized carbons (Fsp3) is 0.0769. The number of phenolic OH excluding ortho intramolecular Hbond substituents is 1. The van der Waals surface area contributed by atoms with Crippen molar-refractivity contribution in [2.75, 3.05) is 0 Å². The summed E-state index contributed by atoms with van der Waals surface area (Å²) in [5.74, 6) is -1.20. The van der Waals surface area contributed by atoms with Gasteiger partial charge in [-0.2, -0.15) is 0 Å². The van der Waals surface area contributed by atoms with Crippen LogP contribution in [0.5, 0.6) is 5.75 Å². The summed E-state index contributed by atoms with van der Waals surface area (Å²) in [6, 6.07) is 5.47. The molecule has 0 atom stereocenters. The number of benzene rings is 2. The van der Waals surface area contributed by atoms with Gasteiger partial charge in [-0.1, -0.05) is 12.1 Å². The van der Waals surface area contributed by atoms with Crippen molar-refractivity contribution >= 4 is 21.8 Å². The first-order valence-corrected chi connectivity index (χ1v) is 5.17. The molecule has 0 aliphatic rings. The lowest BCUT2D eigenvalue weighted by molar-refractivity contribution is 0.476. The molecule has 2 aromatic carbocycles. The van der Waals surface area contributed by atoms with Gasteiger partial charge in [-0.05, 0) is 18.6 Å². The van der Waals surface area contributed by atoms with E-state index in [1.165, 1.54) is 6.07 Å². The number of hydrogen-bond acceptors (Lipinski definition) is 1. The first-order chi connectivity index (χ1) is 8.08. The average molecular weight is 233 g/mol. The normalized spacial score (nSPS) is 11.5. The molecule has 2 N–H and O–H groups in total. The molecule has 0 unspecified atom stereocenters. The van der Waals surface area contributed by atoms with Gasteiger partial charge >= 0.3 is 0 Å². The molecule has 0 fully saturated rings. The highest BCUT2D eigenvalue weighted by Gasteiger charge is 2.13. The zero-order valence-corrected chi connectivity index (χ0v) is 9.01. The number of nitrogens with one attached hydrogen (secondary N) is 1. The third-order valence-corrected chi connectivity index (χ3v) is 2.96. The van der Waals surface area contributed by atoms with Crippen molar-refractivity contribution in [3.8, 4) is 5.75 Å². The van der Waals surface area contributed by atoms with Crippen LogP contribution in [0.15, 0.2) is 24.3 Å². The van der Waals surface area contributed by atoms with E-state index in [-0.39, 0.29) is 5.75 Å². The quantitative estimate of drug-likeness (QED) is 0.611. The lowest BCUT2D eigenvalue weighted by atomic mass is 10.1. The maximum atomic E-state index is 13.7. The molecule has 0 amide bonds. The van der Waals surface area contributed by atoms with Crippen molar-refractivity contribution in [2.24, 2.45) is 0 Å². The first-order valence-electron chi connectivity index (χ1n) is 5.17. The van der Waals surface area contributed by atoms with E-state index in [0.29, 0.717) is 27.4 Å². The Kier molecular flexibility index (Phi) is 1.90. The molecule has 17 heavy (non-hydrogen) atoms. The molecule has 1 aromatic heterocycles. The van der Waals surface area contributed by atoms with Gasteiger partial charge in [-0.15, -0.1) is 0 Å². The molecule has 4 heteroatoms. The van der Waals surface area contributed by atoms with Gasteiger partial charge in [-0.3, -0.25) is 0 Å². The standard InChI is InChI=1S/C13H9F2NO/c1-6-2-3-8-11-9(15)4-7(14)5-10(11)16-12(8)13(6)17/h2-5,16-17H,1H3. The van der Waals surface area contributed by atoms with Crippen LogP contribution in [0.3, 0.4) is 0 Å². The van der Waals surface area contributed by atoms with E-state index in [0.717, 1.165) is 6.07 Å². The van der Waals surface area contributed by atoms with Crippen molar-refractivity contribution in [1.29, 1.82) is 0 Å². The van der Waals surface area contributed by atoms with Crippen molar-refractivity contribution in [3.63, 3.8) is 0 Å². The molecule has 0 saturated heterocycles. The minimum absolute atomic E-state index is 0.0681. The number of aromatic nitrogens is 1. The molecule has 2 nitrogen and oxygen atoms in total. The van der Waals surface area contributed by atoms with E-state index >= 15 is 0 Å². The Morgan fingerprint density at radius 1 is 1.18 bits per heavy atom. The zero-order chi connectivity index (χ0) is 12.2. The third-order valence-electron chi connectivity index (χ3n) is 2.96. The van der Waals surface area contributed by atoms with E-state index in [1.54, 1.807) is 19.1 Å². The number of H-pyrrole nitrogens is 1. The fourth-order valence-electron chi connectivity index (χ4n) is 2.11. The topological polar surface area (TPSA) is 36.0 Å². The van der Waals surface area contributed by atoms with E-state index in [4.69, 9.17) is 0 Å². The van der Waals surface area contributed by atoms with Crippen LogP contribution in [0, 0.1) is 18.6 Å². The Bertz CT molecular complexity index is 746. The smallest absolute Gasteiger partial charge is 0.142 e. The van der Waals surface area contributed by atoms with E-state index < -0.39 is 11.6 Å². The zero-order valence-electron chi connectivity index (χ0n) is 9.01. The van der Waals surface area contributed by atoms with Crippen LogP contribution in [0.1, 0.15) is 5.56 Å². The van der Waals surface area contributed by atoms with Gasteiger partial charge in [0.25, 0.3) is 0 Å². The lowest BCUT2D eigenvalue weighted by Crippen LogP contribution is -1.80. The van der Waals surface area contributed by atoms with Gasteiger partial charge < -0.3 is 10.1 Å². The summed E-state index contributed by atoms with van der Waals surface area (Å²) in [4.78, 5) is 2.84. The highest BCUT2D eigenvalue weighted by Crippen LogP contribution is 2.34. The molecule has 0 radical (unpaired) electrons. The Morgan fingerprint density at radius 2 is 1.94 bits per heavy atom. The van der Waals surface area contributed by atoms with Gasteiger partial charge in [0.1, 0.15) is 17.4 Å². The van der Waals surface area contributed by atoms with Crippen LogP contribution in [0.4, 0.5) is 8.78 Å². The first kappa shape index (κ1) is 10.1. The van der Waals surface area contributed by atoms with Crippen molar-refractivity contribution in [3.05, 3.63) is 41.5 Å². The summed E-state index contributed by atoms with van der Waals surface area (Å²) < 4.78 is 26.8. The lowest BCUT2D eigenvalue weighted by Gasteiger charge is -1.99. The van der Waals surface area contributed by atoms with Gasteiger partial charge in [0.05, 0.1) is 11.0 Å². The predicted octanol–water partition coefficient (Wildman–Crippen LogP) is 3.61. The van der Waals surface area contributed by atoms with Gasteiger partial charge in [-0.25, -0.2) is 8.78 Å². The molecular weight excluding hydrogens is 224 g/mol. The van der Waals surface area contributed by atoms with Crippen molar-refractivity contribution < 1.29 is 13.9 Å². The Labute approximate surface area is 95.5 Å². The maximum absolute atomic E-state index is 13.7. The summed E-state index contributed by atoms with van der Waals surface area (Å²) in [5.41, 5.74) is 1.47. The van der Waals surface area contributed by atoms with E-state index in [9.17, 15) is 13.9 Å². The maximum Gasteiger partial charge on any atom is 0.142 e. The number of phenols is 1. The molecule has 0 spiro atoms. The minimum atomic E-state index is -0.641. The van der Waals surface area contributed by atoms with E-state index in [1.807, 2.05) is 0 Å². The summed E-state index contributed by atoms with van der Waals surface area (Å²) in [5, 5.41) is 10.7. The Hall–Kier alpha value is -2.10. The number of fused-ring (bicyclic) bond motifs is 3. The highest BCUT2D eigenvalue weighted by molar-refractivity contribution is 6.09. The monoisotopic (exact) mass is 233 g/mol. The minimum Gasteiger partial charge on any atom is -0.505 e. The molecular formula is C13H9F2NO. The second-order valence-electron chi connectivity index (χ2n) is 4.09. The molecule has 0 saturated carbocycles. The summed E-state index contributed by atoms with van der Waals surface area (Å²) >= 11 is 0. The fourth-order valence-corrected chi connectivity index (χ4v) is 2.11.